The number of hydrogen-bond donors (Lipinski definition) is 1. The van der Waals surface area contributed by atoms with Crippen molar-refractivity contribution in [3.8, 4) is 5.75 Å². The average molecular weight is 356 g/mol. The molecule has 21 heavy (non-hydrogen) atoms. The highest BCUT2D eigenvalue weighted by Gasteiger charge is 2.10. The molecule has 0 aromatic heterocycles. The Morgan fingerprint density at radius 2 is 1.95 bits per heavy atom. The van der Waals surface area contributed by atoms with E-state index in [0.717, 1.165) is 0 Å². The lowest BCUT2D eigenvalue weighted by atomic mass is 10.1. The minimum Gasteiger partial charge on any atom is -0.488 e. The molecule has 0 spiro atoms. The van der Waals surface area contributed by atoms with Gasteiger partial charge in [-0.15, -0.1) is 0 Å². The van der Waals surface area contributed by atoms with Gasteiger partial charge in [0.25, 0.3) is 0 Å². The van der Waals surface area contributed by atoms with Crippen molar-refractivity contribution in [1.29, 1.82) is 0 Å². The first-order valence-electron chi connectivity index (χ1n) is 6.06. The van der Waals surface area contributed by atoms with Gasteiger partial charge in [-0.2, -0.15) is 0 Å². The first-order valence-corrected chi connectivity index (χ1v) is 6.85. The summed E-state index contributed by atoms with van der Waals surface area (Å²) in [5.74, 6) is -0.490. The monoisotopic (exact) mass is 355 g/mol. The number of rotatable bonds is 4. The molecule has 0 heterocycles. The number of oxime groups is 1. The van der Waals surface area contributed by atoms with Crippen LogP contribution in [0.4, 0.5) is 8.78 Å². The van der Waals surface area contributed by atoms with Crippen LogP contribution in [0.5, 0.6) is 5.75 Å². The molecule has 0 radical (unpaired) electrons. The summed E-state index contributed by atoms with van der Waals surface area (Å²) in [6.45, 7) is 1.63. The van der Waals surface area contributed by atoms with Gasteiger partial charge in [0.05, 0.1) is 5.71 Å². The lowest BCUT2D eigenvalue weighted by molar-refractivity contribution is 0.302. The Kier molecular flexibility index (Phi) is 4.90. The maximum Gasteiger partial charge on any atom is 0.129 e. The predicted molar refractivity (Wildman–Crippen MR) is 78.8 cm³/mol. The zero-order valence-corrected chi connectivity index (χ0v) is 12.7. The van der Waals surface area contributed by atoms with Crippen LogP contribution in [0.3, 0.4) is 0 Å². The van der Waals surface area contributed by atoms with Gasteiger partial charge in [-0.25, -0.2) is 8.78 Å². The fourth-order valence-corrected chi connectivity index (χ4v) is 2.33. The molecule has 0 atom stereocenters. The van der Waals surface area contributed by atoms with Gasteiger partial charge in [-0.1, -0.05) is 21.1 Å². The van der Waals surface area contributed by atoms with E-state index in [1.165, 1.54) is 37.3 Å². The Hall–Kier alpha value is -1.95. The van der Waals surface area contributed by atoms with Crippen LogP contribution in [0.1, 0.15) is 18.1 Å². The number of nitrogens with zero attached hydrogens (tertiary/aromatic N) is 1. The van der Waals surface area contributed by atoms with E-state index in [-0.39, 0.29) is 18.1 Å². The SMILES string of the molecule is C/C(=N/O)c1cc(F)ccc1OCc1cc(F)cc(Br)c1. The Balaban J connectivity index is 2.23. The fourth-order valence-electron chi connectivity index (χ4n) is 1.82. The molecule has 0 aliphatic rings. The van der Waals surface area contributed by atoms with Crippen molar-refractivity contribution >= 4 is 21.6 Å². The molecule has 0 saturated carbocycles. The van der Waals surface area contributed by atoms with E-state index in [4.69, 9.17) is 9.94 Å². The lowest BCUT2D eigenvalue weighted by Crippen LogP contribution is -2.03. The summed E-state index contributed by atoms with van der Waals surface area (Å²) in [5, 5.41) is 11.9. The summed E-state index contributed by atoms with van der Waals surface area (Å²) in [6, 6.07) is 8.31. The van der Waals surface area contributed by atoms with Gasteiger partial charge in [0.15, 0.2) is 0 Å². The summed E-state index contributed by atoms with van der Waals surface area (Å²) in [4.78, 5) is 0. The molecular weight excluding hydrogens is 344 g/mol. The molecule has 1 N–H and O–H groups in total. The second-order valence-corrected chi connectivity index (χ2v) is 5.31. The normalized spacial score (nSPS) is 11.5. The number of hydrogen-bond acceptors (Lipinski definition) is 3. The molecule has 110 valence electrons. The Bertz CT molecular complexity index is 669. The van der Waals surface area contributed by atoms with Gasteiger partial charge >= 0.3 is 0 Å². The molecule has 0 fully saturated rings. The van der Waals surface area contributed by atoms with Crippen LogP contribution in [0.2, 0.25) is 0 Å². The molecule has 0 aliphatic carbocycles. The highest BCUT2D eigenvalue weighted by molar-refractivity contribution is 9.10. The molecule has 6 heteroatoms. The average Bonchev–Trinajstić information content (AvgIpc) is 2.44. The minimum absolute atomic E-state index is 0.105. The van der Waals surface area contributed by atoms with E-state index in [9.17, 15) is 8.78 Å². The fraction of sp³-hybridized carbons (Fsp3) is 0.133. The van der Waals surface area contributed by atoms with E-state index in [2.05, 4.69) is 21.1 Å². The molecule has 0 bridgehead atoms. The quantitative estimate of drug-likeness (QED) is 0.498. The maximum absolute atomic E-state index is 13.3. The van der Waals surface area contributed by atoms with Crippen molar-refractivity contribution in [1.82, 2.24) is 0 Å². The molecule has 0 saturated heterocycles. The van der Waals surface area contributed by atoms with Crippen LogP contribution < -0.4 is 4.74 Å². The highest BCUT2D eigenvalue weighted by atomic mass is 79.9. The highest BCUT2D eigenvalue weighted by Crippen LogP contribution is 2.23. The zero-order chi connectivity index (χ0) is 15.4. The Morgan fingerprint density at radius 1 is 1.19 bits per heavy atom. The summed E-state index contributed by atoms with van der Waals surface area (Å²) in [7, 11) is 0. The molecule has 2 aromatic carbocycles. The molecule has 0 amide bonds. The zero-order valence-electron chi connectivity index (χ0n) is 11.1. The summed E-state index contributed by atoms with van der Waals surface area (Å²) >= 11 is 3.20. The largest absolute Gasteiger partial charge is 0.488 e. The molecule has 0 aliphatic heterocycles. The lowest BCUT2D eigenvalue weighted by Gasteiger charge is -2.11. The summed E-state index contributed by atoms with van der Waals surface area (Å²) in [6.07, 6.45) is 0. The number of ether oxygens (including phenoxy) is 1. The van der Waals surface area contributed by atoms with Crippen molar-refractivity contribution in [2.24, 2.45) is 5.16 Å². The van der Waals surface area contributed by atoms with Crippen LogP contribution in [-0.4, -0.2) is 10.9 Å². The van der Waals surface area contributed by atoms with E-state index < -0.39 is 5.82 Å². The Labute approximate surface area is 129 Å². The van der Waals surface area contributed by atoms with Crippen LogP contribution in [-0.2, 0) is 6.61 Å². The van der Waals surface area contributed by atoms with E-state index in [1.807, 2.05) is 0 Å². The van der Waals surface area contributed by atoms with Crippen LogP contribution in [0.25, 0.3) is 0 Å². The van der Waals surface area contributed by atoms with Crippen LogP contribution in [0.15, 0.2) is 46.0 Å². The predicted octanol–water partition coefficient (Wildman–Crippen LogP) is 4.50. The second kappa shape index (κ2) is 6.67. The van der Waals surface area contributed by atoms with Crippen molar-refractivity contribution in [3.63, 3.8) is 0 Å². The third-order valence-corrected chi connectivity index (χ3v) is 3.26. The molecule has 0 unspecified atom stereocenters. The standard InChI is InChI=1S/C15H12BrF2NO2/c1-9(19-20)14-7-12(17)2-3-15(14)21-8-10-4-11(16)6-13(18)5-10/h2-7,20H,8H2,1H3/b19-9-. The van der Waals surface area contributed by atoms with Crippen LogP contribution >= 0.6 is 15.9 Å². The Morgan fingerprint density at radius 3 is 2.62 bits per heavy atom. The third-order valence-electron chi connectivity index (χ3n) is 2.80. The second-order valence-electron chi connectivity index (χ2n) is 4.39. The molecular formula is C15H12BrF2NO2. The summed E-state index contributed by atoms with van der Waals surface area (Å²) < 4.78 is 32.7. The van der Waals surface area contributed by atoms with E-state index in [1.54, 1.807) is 6.07 Å². The van der Waals surface area contributed by atoms with Gasteiger partial charge in [-0.05, 0) is 48.9 Å². The topological polar surface area (TPSA) is 41.8 Å². The van der Waals surface area contributed by atoms with E-state index >= 15 is 0 Å². The first kappa shape index (κ1) is 15.4. The third kappa shape index (κ3) is 4.01. The summed E-state index contributed by atoms with van der Waals surface area (Å²) in [5.41, 5.74) is 1.19. The molecule has 2 rings (SSSR count). The number of benzene rings is 2. The van der Waals surface area contributed by atoms with Crippen LogP contribution in [0, 0.1) is 11.6 Å². The first-order chi connectivity index (χ1) is 9.99. The van der Waals surface area contributed by atoms with Crippen molar-refractivity contribution in [3.05, 3.63) is 63.6 Å². The molecule has 3 nitrogen and oxygen atoms in total. The van der Waals surface area contributed by atoms with E-state index in [0.29, 0.717) is 21.3 Å². The van der Waals surface area contributed by atoms with Gasteiger partial charge in [0.2, 0.25) is 0 Å². The smallest absolute Gasteiger partial charge is 0.129 e. The van der Waals surface area contributed by atoms with Crippen molar-refractivity contribution in [2.45, 2.75) is 13.5 Å². The van der Waals surface area contributed by atoms with Gasteiger partial charge in [0, 0.05) is 10.0 Å². The molecule has 2 aromatic rings. The van der Waals surface area contributed by atoms with Crippen molar-refractivity contribution < 1.29 is 18.7 Å². The number of halogens is 3. The van der Waals surface area contributed by atoms with Gasteiger partial charge in [0.1, 0.15) is 24.0 Å². The maximum atomic E-state index is 13.3. The van der Waals surface area contributed by atoms with Gasteiger partial charge in [-0.3, -0.25) is 0 Å². The minimum atomic E-state index is -0.464. The van der Waals surface area contributed by atoms with Crippen molar-refractivity contribution in [2.75, 3.05) is 0 Å². The van der Waals surface area contributed by atoms with Gasteiger partial charge < -0.3 is 9.94 Å².